The molecule has 6 rings (SSSR count). The van der Waals surface area contributed by atoms with Crippen molar-refractivity contribution in [3.8, 4) is 0 Å². The smallest absolute Gasteiger partial charge is 0.320 e. The lowest BCUT2D eigenvalue weighted by molar-refractivity contribution is -0.128. The van der Waals surface area contributed by atoms with Crippen LogP contribution in [0.25, 0.3) is 0 Å². The van der Waals surface area contributed by atoms with Crippen LogP contribution in [0.2, 0.25) is 0 Å². The molecule has 41 heavy (non-hydrogen) atoms. The second-order valence-corrected chi connectivity index (χ2v) is 13.6. The van der Waals surface area contributed by atoms with E-state index in [1.165, 1.54) is 12.8 Å². The first-order valence-corrected chi connectivity index (χ1v) is 16.0. The summed E-state index contributed by atoms with van der Waals surface area (Å²) in [4.78, 5) is 44.7. The van der Waals surface area contributed by atoms with E-state index in [2.05, 4.69) is 51.2 Å². The lowest BCUT2D eigenvalue weighted by Gasteiger charge is -2.49. The number of hydrogen-bond donors (Lipinski definition) is 1. The van der Waals surface area contributed by atoms with E-state index in [0.29, 0.717) is 30.8 Å². The van der Waals surface area contributed by atoms with Gasteiger partial charge in [0.05, 0.1) is 17.6 Å². The van der Waals surface area contributed by atoms with Crippen LogP contribution in [0.3, 0.4) is 0 Å². The molecule has 1 aliphatic carbocycles. The second-order valence-electron chi connectivity index (χ2n) is 13.6. The summed E-state index contributed by atoms with van der Waals surface area (Å²) in [7, 11) is 0. The highest BCUT2D eigenvalue weighted by molar-refractivity contribution is 5.80. The number of carbonyl (C=O) groups excluding carboxylic acids is 2. The number of hydrogen-bond acceptors (Lipinski definition) is 6. The van der Waals surface area contributed by atoms with Gasteiger partial charge in [0.15, 0.2) is 0 Å². The van der Waals surface area contributed by atoms with Crippen molar-refractivity contribution >= 4 is 11.9 Å². The van der Waals surface area contributed by atoms with Gasteiger partial charge in [-0.1, -0.05) is 35.5 Å². The van der Waals surface area contributed by atoms with Crippen LogP contribution < -0.4 is 5.32 Å². The largest absolute Gasteiger partial charge is 0.381 e. The van der Waals surface area contributed by atoms with Crippen molar-refractivity contribution in [1.82, 2.24) is 20.0 Å². The zero-order chi connectivity index (χ0) is 28.6. The Morgan fingerprint density at radius 1 is 1.07 bits per heavy atom. The molecule has 2 bridgehead atoms. The molecule has 0 radical (unpaired) electrons. The molecule has 5 fully saturated rings. The lowest BCUT2D eigenvalue weighted by atomic mass is 9.80. The molecule has 4 saturated heterocycles. The molecule has 1 N–H and O–H groups in total. The van der Waals surface area contributed by atoms with Gasteiger partial charge in [-0.25, -0.2) is 4.79 Å². The number of ether oxygens (including phenoxy) is 1. The molecule has 1 spiro atoms. The first-order chi connectivity index (χ1) is 19.9. The number of nitrogens with zero attached hydrogens (tertiary/aromatic N) is 4. The van der Waals surface area contributed by atoms with Crippen LogP contribution >= 0.6 is 0 Å². The molecule has 9 nitrogen and oxygen atoms in total. The fourth-order valence-electron chi connectivity index (χ4n) is 8.57. The molecule has 1 aromatic rings. The topological polar surface area (TPSA) is 94.6 Å². The van der Waals surface area contributed by atoms with Gasteiger partial charge in [-0.3, -0.25) is 9.69 Å². The van der Waals surface area contributed by atoms with Gasteiger partial charge in [0.2, 0.25) is 5.91 Å². The van der Waals surface area contributed by atoms with E-state index in [1.54, 1.807) is 0 Å². The molecule has 3 atom stereocenters. The summed E-state index contributed by atoms with van der Waals surface area (Å²) in [5.41, 5.74) is 1.04. The molecule has 0 aromatic heterocycles. The fourth-order valence-corrected chi connectivity index (χ4v) is 8.57. The van der Waals surface area contributed by atoms with Crippen LogP contribution in [0.4, 0.5) is 4.79 Å². The van der Waals surface area contributed by atoms with Gasteiger partial charge in [0.1, 0.15) is 0 Å². The van der Waals surface area contributed by atoms with Crippen LogP contribution in [-0.2, 0) is 9.53 Å². The van der Waals surface area contributed by atoms with Crippen molar-refractivity contribution < 1.29 is 14.3 Å². The predicted octanol–water partition coefficient (Wildman–Crippen LogP) is 4.72. The molecule has 9 heteroatoms. The summed E-state index contributed by atoms with van der Waals surface area (Å²) in [5.74, 6) is 0.473. The maximum absolute atomic E-state index is 13.8. The minimum atomic E-state index is -0.210. The number of carbonyl (C=O) groups is 2. The van der Waals surface area contributed by atoms with E-state index < -0.39 is 0 Å². The Labute approximate surface area is 244 Å². The number of amides is 3. The van der Waals surface area contributed by atoms with Crippen molar-refractivity contribution in [3.05, 3.63) is 40.8 Å². The van der Waals surface area contributed by atoms with E-state index in [-0.39, 0.29) is 41.5 Å². The van der Waals surface area contributed by atoms with E-state index >= 15 is 0 Å². The van der Waals surface area contributed by atoms with Gasteiger partial charge in [0.25, 0.3) is 0 Å². The quantitative estimate of drug-likeness (QED) is 0.415. The van der Waals surface area contributed by atoms with Crippen molar-refractivity contribution in [3.63, 3.8) is 0 Å². The fraction of sp³-hybridized carbons (Fsp3) is 0.750. The highest BCUT2D eigenvalue weighted by atomic mass is 16.5. The summed E-state index contributed by atoms with van der Waals surface area (Å²) in [6.45, 7) is 8.61. The van der Waals surface area contributed by atoms with Crippen molar-refractivity contribution in [2.24, 2.45) is 17.0 Å². The van der Waals surface area contributed by atoms with Crippen LogP contribution in [0.5, 0.6) is 0 Å². The highest BCUT2D eigenvalue weighted by Gasteiger charge is 2.57. The summed E-state index contributed by atoms with van der Waals surface area (Å²) in [6.07, 6.45) is 8.48. The van der Waals surface area contributed by atoms with E-state index in [9.17, 15) is 14.5 Å². The molecule has 3 amide bonds. The maximum Gasteiger partial charge on any atom is 0.320 e. The van der Waals surface area contributed by atoms with E-state index in [1.807, 2.05) is 18.2 Å². The Balaban J connectivity index is 1.12. The summed E-state index contributed by atoms with van der Waals surface area (Å²) >= 11 is 0. The van der Waals surface area contributed by atoms with Gasteiger partial charge < -0.3 is 19.9 Å². The van der Waals surface area contributed by atoms with Crippen LogP contribution in [-0.4, -0.2) is 89.2 Å². The van der Waals surface area contributed by atoms with Crippen molar-refractivity contribution in [2.45, 2.75) is 107 Å². The molecule has 4 aliphatic heterocycles. The third kappa shape index (κ3) is 5.76. The van der Waals surface area contributed by atoms with Gasteiger partial charge in [-0.15, -0.1) is 0 Å². The Kier molecular flexibility index (Phi) is 8.37. The Hall–Kier alpha value is -2.52. The predicted molar refractivity (Wildman–Crippen MR) is 157 cm³/mol. The standard InChI is InChI=1S/C32H47N5O4/c1-22(2)37-31(39)35(20-23-11-14-41-15-12-23)21-32(37)18-27-8-9-28(19-32)36(27)13-10-29(24-6-4-3-5-7-24)33-30(38)25-16-26(17-25)34-40/h3-7,22-23,25-29H,8-21H2,1-2H3,(H,33,38)/t25?,26?,27?,28?,29-,32?/m0/s1. The zero-order valence-electron chi connectivity index (χ0n) is 24.7. The number of nitroso groups, excluding NO2 is 1. The van der Waals surface area contributed by atoms with Gasteiger partial charge in [0, 0.05) is 56.9 Å². The molecular weight excluding hydrogens is 518 g/mol. The monoisotopic (exact) mass is 565 g/mol. The SMILES string of the molecule is CC(C)N1C(=O)N(CC2CCOCC2)CC12CC1CCC(C2)N1CC[C@H](NC(=O)C1CC(N=O)C1)c1ccccc1. The van der Waals surface area contributed by atoms with E-state index in [4.69, 9.17) is 4.74 Å². The summed E-state index contributed by atoms with van der Waals surface area (Å²) < 4.78 is 5.57. The van der Waals surface area contributed by atoms with Crippen LogP contribution in [0.15, 0.2) is 35.5 Å². The first-order valence-electron chi connectivity index (χ1n) is 16.0. The molecule has 1 saturated carbocycles. The minimum absolute atomic E-state index is 0.0426. The van der Waals surface area contributed by atoms with E-state index in [0.717, 1.165) is 70.5 Å². The minimum Gasteiger partial charge on any atom is -0.381 e. The molecule has 5 aliphatic rings. The highest BCUT2D eigenvalue weighted by Crippen LogP contribution is 2.48. The maximum atomic E-state index is 13.8. The Morgan fingerprint density at radius 2 is 1.76 bits per heavy atom. The lowest BCUT2D eigenvalue weighted by Crippen LogP contribution is -2.60. The number of urea groups is 1. The Morgan fingerprint density at radius 3 is 2.39 bits per heavy atom. The average Bonchev–Trinajstić information content (AvgIpc) is 3.35. The van der Waals surface area contributed by atoms with Crippen molar-refractivity contribution in [1.29, 1.82) is 0 Å². The third-order valence-corrected chi connectivity index (χ3v) is 10.6. The Bertz CT molecular complexity index is 1070. The number of fused-ring (bicyclic) bond motifs is 2. The number of rotatable bonds is 10. The van der Waals surface area contributed by atoms with Crippen molar-refractivity contribution in [2.75, 3.05) is 32.8 Å². The van der Waals surface area contributed by atoms with Gasteiger partial charge in [-0.2, -0.15) is 4.91 Å². The first kappa shape index (κ1) is 28.6. The summed E-state index contributed by atoms with van der Waals surface area (Å²) in [6, 6.07) is 11.3. The van der Waals surface area contributed by atoms with Crippen LogP contribution in [0, 0.1) is 16.7 Å². The van der Waals surface area contributed by atoms with Gasteiger partial charge >= 0.3 is 6.03 Å². The molecule has 4 heterocycles. The number of piperidine rings is 1. The number of nitrogens with one attached hydrogen (secondary N) is 1. The molecular formula is C32H47N5O4. The van der Waals surface area contributed by atoms with Gasteiger partial charge in [-0.05, 0) is 83.1 Å². The van der Waals surface area contributed by atoms with Crippen LogP contribution in [0.1, 0.15) is 83.2 Å². The second kappa shape index (κ2) is 12.0. The molecule has 1 aromatic carbocycles. The average molecular weight is 566 g/mol. The zero-order valence-corrected chi connectivity index (χ0v) is 24.7. The molecule has 224 valence electrons. The summed E-state index contributed by atoms with van der Waals surface area (Å²) in [5, 5.41) is 6.41. The molecule has 2 unspecified atom stereocenters. The number of benzene rings is 1. The normalized spacial score (nSPS) is 32.9. The third-order valence-electron chi connectivity index (χ3n) is 10.6.